The Balaban J connectivity index is 1.54. The maximum absolute atomic E-state index is 6.19. The van der Waals surface area contributed by atoms with Crippen LogP contribution in [0, 0.1) is 0 Å². The van der Waals surface area contributed by atoms with Gasteiger partial charge in [-0.1, -0.05) is 6.07 Å². The highest BCUT2D eigenvalue weighted by molar-refractivity contribution is 5.92. The van der Waals surface area contributed by atoms with Gasteiger partial charge in [0.25, 0.3) is 0 Å². The van der Waals surface area contributed by atoms with Gasteiger partial charge in [0.1, 0.15) is 11.6 Å². The van der Waals surface area contributed by atoms with E-state index >= 15 is 0 Å². The van der Waals surface area contributed by atoms with Crippen LogP contribution in [-0.4, -0.2) is 44.7 Å². The van der Waals surface area contributed by atoms with Crippen molar-refractivity contribution in [2.24, 2.45) is 0 Å². The van der Waals surface area contributed by atoms with Crippen molar-refractivity contribution in [3.8, 4) is 0 Å². The van der Waals surface area contributed by atoms with E-state index in [-0.39, 0.29) is 0 Å². The summed E-state index contributed by atoms with van der Waals surface area (Å²) in [5.74, 6) is 1.74. The molecule has 0 aliphatic carbocycles. The summed E-state index contributed by atoms with van der Waals surface area (Å²) in [5, 5.41) is 8.31. The zero-order valence-electron chi connectivity index (χ0n) is 15.5. The third-order valence-corrected chi connectivity index (χ3v) is 5.75. The molecule has 0 aromatic carbocycles. The van der Waals surface area contributed by atoms with Gasteiger partial charge in [0.05, 0.1) is 11.1 Å². The molecule has 7 nitrogen and oxygen atoms in total. The van der Waals surface area contributed by atoms with E-state index in [2.05, 4.69) is 37.1 Å². The number of hydrogen-bond donors (Lipinski definition) is 2. The van der Waals surface area contributed by atoms with Gasteiger partial charge in [0.15, 0.2) is 5.65 Å². The van der Waals surface area contributed by atoms with Crippen LogP contribution in [0.15, 0.2) is 24.4 Å². The van der Waals surface area contributed by atoms with Gasteiger partial charge in [-0.2, -0.15) is 5.10 Å². The van der Waals surface area contributed by atoms with Gasteiger partial charge < -0.3 is 10.6 Å². The molecule has 0 unspecified atom stereocenters. The number of anilines is 2. The first-order valence-electron chi connectivity index (χ1n) is 9.82. The maximum Gasteiger partial charge on any atom is 0.185 e. The second kappa shape index (κ2) is 6.81. The summed E-state index contributed by atoms with van der Waals surface area (Å²) in [6.07, 6.45) is 6.60. The van der Waals surface area contributed by atoms with Crippen molar-refractivity contribution >= 4 is 22.7 Å². The number of nitrogens with zero attached hydrogens (tertiary/aromatic N) is 5. The van der Waals surface area contributed by atoms with Gasteiger partial charge in [0.2, 0.25) is 0 Å². The molecular formula is C20H25N7. The molecule has 0 spiro atoms. The van der Waals surface area contributed by atoms with Crippen LogP contribution in [0.2, 0.25) is 0 Å². The highest BCUT2D eigenvalue weighted by Gasteiger charge is 2.28. The molecule has 0 radical (unpaired) electrons. The van der Waals surface area contributed by atoms with E-state index in [1.807, 2.05) is 12.3 Å². The Hall–Kier alpha value is -2.67. The molecule has 5 rings (SSSR count). The molecule has 7 heteroatoms. The molecule has 3 N–H and O–H groups in total. The smallest absolute Gasteiger partial charge is 0.185 e. The van der Waals surface area contributed by atoms with Crippen molar-refractivity contribution in [2.45, 2.75) is 38.8 Å². The van der Waals surface area contributed by atoms with E-state index in [0.29, 0.717) is 5.82 Å². The third-order valence-electron chi connectivity index (χ3n) is 5.75. The zero-order chi connectivity index (χ0) is 18.2. The fourth-order valence-electron chi connectivity index (χ4n) is 4.42. The normalized spacial score (nSPS) is 18.0. The zero-order valence-corrected chi connectivity index (χ0v) is 15.5. The molecule has 5 heterocycles. The summed E-state index contributed by atoms with van der Waals surface area (Å²) in [7, 11) is 0. The van der Waals surface area contributed by atoms with Crippen LogP contribution >= 0.6 is 0 Å². The minimum atomic E-state index is 0.636. The van der Waals surface area contributed by atoms with Crippen molar-refractivity contribution in [1.82, 2.24) is 25.1 Å². The molecule has 1 fully saturated rings. The summed E-state index contributed by atoms with van der Waals surface area (Å²) in [6, 6.07) is 6.11. The minimum Gasteiger partial charge on any atom is -0.384 e. The lowest BCUT2D eigenvalue weighted by Gasteiger charge is -2.35. The average Bonchev–Trinajstić information content (AvgIpc) is 3.10. The molecule has 2 aliphatic heterocycles. The number of piperidine rings is 1. The molecule has 1 saturated heterocycles. The Labute approximate surface area is 158 Å². The number of pyridine rings is 2. The van der Waals surface area contributed by atoms with Gasteiger partial charge >= 0.3 is 0 Å². The Kier molecular flexibility index (Phi) is 4.16. The number of aromatic nitrogens is 4. The summed E-state index contributed by atoms with van der Waals surface area (Å²) >= 11 is 0. The van der Waals surface area contributed by atoms with Gasteiger partial charge in [0, 0.05) is 44.5 Å². The van der Waals surface area contributed by atoms with Crippen LogP contribution in [0.3, 0.4) is 0 Å². The predicted octanol–water partition coefficient (Wildman–Crippen LogP) is 2.48. The predicted molar refractivity (Wildman–Crippen MR) is 106 cm³/mol. The van der Waals surface area contributed by atoms with Crippen molar-refractivity contribution in [2.75, 3.05) is 30.3 Å². The largest absolute Gasteiger partial charge is 0.384 e. The Morgan fingerprint density at radius 2 is 1.96 bits per heavy atom. The van der Waals surface area contributed by atoms with Crippen LogP contribution in [0.4, 0.5) is 11.6 Å². The second-order valence-electron chi connectivity index (χ2n) is 7.56. The molecule has 3 aromatic heterocycles. The first-order valence-corrected chi connectivity index (χ1v) is 9.82. The van der Waals surface area contributed by atoms with Crippen molar-refractivity contribution < 1.29 is 0 Å². The number of aromatic amines is 1. The number of nitrogens with one attached hydrogen (secondary N) is 1. The van der Waals surface area contributed by atoms with Crippen molar-refractivity contribution in [3.05, 3.63) is 41.2 Å². The van der Waals surface area contributed by atoms with E-state index < -0.39 is 0 Å². The first-order chi connectivity index (χ1) is 13.3. The van der Waals surface area contributed by atoms with E-state index in [4.69, 9.17) is 10.7 Å². The van der Waals surface area contributed by atoms with Gasteiger partial charge in [-0.3, -0.25) is 15.0 Å². The van der Waals surface area contributed by atoms with E-state index in [1.165, 1.54) is 30.4 Å². The maximum atomic E-state index is 6.19. The van der Waals surface area contributed by atoms with Gasteiger partial charge in [-0.05, 0) is 43.4 Å². The Bertz CT molecular complexity index is 944. The molecule has 0 saturated carbocycles. The topological polar surface area (TPSA) is 87.0 Å². The summed E-state index contributed by atoms with van der Waals surface area (Å²) < 4.78 is 0. The van der Waals surface area contributed by atoms with Crippen LogP contribution in [0.25, 0.3) is 11.0 Å². The van der Waals surface area contributed by atoms with Gasteiger partial charge in [-0.25, -0.2) is 4.98 Å². The first kappa shape index (κ1) is 16.5. The van der Waals surface area contributed by atoms with E-state index in [0.717, 1.165) is 61.7 Å². The molecule has 27 heavy (non-hydrogen) atoms. The molecule has 2 aliphatic rings. The number of fused-ring (bicyclic) bond motifs is 3. The highest BCUT2D eigenvalue weighted by Crippen LogP contribution is 2.36. The number of nitrogen functional groups attached to an aromatic ring is 1. The average molecular weight is 363 g/mol. The number of H-pyrrole nitrogens is 1. The van der Waals surface area contributed by atoms with Crippen LogP contribution in [0.5, 0.6) is 0 Å². The molecule has 140 valence electrons. The van der Waals surface area contributed by atoms with Crippen molar-refractivity contribution in [1.29, 1.82) is 0 Å². The standard InChI is InChI=1S/C20H25N7/c21-18-17-15-7-11-26(12-14-6-2-3-8-22-14)13-16(15)20(23-19(17)25-24-18)27-9-4-1-5-10-27/h2-3,6,8H,1,4-5,7,9-13H2,(H3,21,23,24,25). The fourth-order valence-corrected chi connectivity index (χ4v) is 4.42. The molecule has 0 bridgehead atoms. The van der Waals surface area contributed by atoms with Gasteiger partial charge in [-0.15, -0.1) is 0 Å². The molecule has 0 amide bonds. The van der Waals surface area contributed by atoms with E-state index in [1.54, 1.807) is 0 Å². The lowest BCUT2D eigenvalue weighted by molar-refractivity contribution is 0.243. The quantitative estimate of drug-likeness (QED) is 0.743. The van der Waals surface area contributed by atoms with Crippen LogP contribution < -0.4 is 10.6 Å². The molecule has 0 atom stereocenters. The number of nitrogens with two attached hydrogens (primary N) is 1. The number of hydrogen-bond acceptors (Lipinski definition) is 6. The monoisotopic (exact) mass is 363 g/mol. The fraction of sp³-hybridized carbons (Fsp3) is 0.450. The van der Waals surface area contributed by atoms with E-state index in [9.17, 15) is 0 Å². The summed E-state index contributed by atoms with van der Waals surface area (Å²) in [5.41, 5.74) is 10.7. The Morgan fingerprint density at radius 1 is 1.07 bits per heavy atom. The third kappa shape index (κ3) is 3.02. The lowest BCUT2D eigenvalue weighted by Crippen LogP contribution is -2.35. The highest BCUT2D eigenvalue weighted by atomic mass is 15.2. The molecular weight excluding hydrogens is 338 g/mol. The summed E-state index contributed by atoms with van der Waals surface area (Å²) in [4.78, 5) is 14.3. The number of rotatable bonds is 3. The Morgan fingerprint density at radius 3 is 2.78 bits per heavy atom. The van der Waals surface area contributed by atoms with Crippen molar-refractivity contribution in [3.63, 3.8) is 0 Å². The lowest BCUT2D eigenvalue weighted by atomic mass is 9.96. The van der Waals surface area contributed by atoms with Crippen LogP contribution in [-0.2, 0) is 19.5 Å². The molecule has 3 aromatic rings. The summed E-state index contributed by atoms with van der Waals surface area (Å²) in [6.45, 7) is 4.88. The SMILES string of the molecule is Nc1[nH]nc2nc(N3CCCCC3)c3c(c12)CCN(Cc1ccccn1)C3. The van der Waals surface area contributed by atoms with Crippen LogP contribution in [0.1, 0.15) is 36.1 Å². The second-order valence-corrected chi connectivity index (χ2v) is 7.56. The minimum absolute atomic E-state index is 0.636.